The third kappa shape index (κ3) is 5.37. The van der Waals surface area contributed by atoms with E-state index in [1.165, 1.54) is 23.1 Å². The van der Waals surface area contributed by atoms with Crippen molar-refractivity contribution < 1.29 is 27.2 Å². The molecule has 0 fully saturated rings. The zero-order valence-corrected chi connectivity index (χ0v) is 16.6. The van der Waals surface area contributed by atoms with Gasteiger partial charge in [0.15, 0.2) is 6.10 Å². The van der Waals surface area contributed by atoms with Gasteiger partial charge in [0.05, 0.1) is 17.8 Å². The summed E-state index contributed by atoms with van der Waals surface area (Å²) in [6, 6.07) is 10.9. The summed E-state index contributed by atoms with van der Waals surface area (Å²) in [7, 11) is 0. The van der Waals surface area contributed by atoms with Crippen molar-refractivity contribution in [2.75, 3.05) is 6.54 Å². The van der Waals surface area contributed by atoms with Gasteiger partial charge in [-0.1, -0.05) is 43.3 Å². The summed E-state index contributed by atoms with van der Waals surface area (Å²) < 4.78 is 52.5. The number of oxime groups is 1. The lowest BCUT2D eigenvalue weighted by Gasteiger charge is -2.27. The Morgan fingerprint density at radius 1 is 1.20 bits per heavy atom. The Morgan fingerprint density at radius 2 is 1.93 bits per heavy atom. The number of nitrogens with zero attached hydrogens (tertiary/aromatic N) is 2. The van der Waals surface area contributed by atoms with Crippen molar-refractivity contribution in [3.63, 3.8) is 0 Å². The third-order valence-electron chi connectivity index (χ3n) is 4.75. The van der Waals surface area contributed by atoms with Crippen LogP contribution in [-0.2, 0) is 22.4 Å². The van der Waals surface area contributed by atoms with Crippen LogP contribution >= 0.6 is 0 Å². The SMILES string of the molecule is CC(C)C(=O)N(Cc1cccc(C(F)(F)F)c1)CC1CC(c2cccc(F)c2)=NO1. The zero-order valence-electron chi connectivity index (χ0n) is 16.6. The highest BCUT2D eigenvalue weighted by Gasteiger charge is 2.31. The molecule has 2 aromatic carbocycles. The van der Waals surface area contributed by atoms with E-state index in [1.54, 1.807) is 32.0 Å². The van der Waals surface area contributed by atoms with Crippen molar-refractivity contribution in [1.82, 2.24) is 4.90 Å². The quantitative estimate of drug-likeness (QED) is 0.614. The molecule has 4 nitrogen and oxygen atoms in total. The van der Waals surface area contributed by atoms with Crippen LogP contribution in [0, 0.1) is 11.7 Å². The fourth-order valence-electron chi connectivity index (χ4n) is 3.27. The van der Waals surface area contributed by atoms with E-state index >= 15 is 0 Å². The summed E-state index contributed by atoms with van der Waals surface area (Å²) in [5, 5.41) is 4.00. The highest BCUT2D eigenvalue weighted by molar-refractivity contribution is 6.01. The molecule has 0 radical (unpaired) electrons. The molecule has 8 heteroatoms. The largest absolute Gasteiger partial charge is 0.416 e. The monoisotopic (exact) mass is 422 g/mol. The van der Waals surface area contributed by atoms with Gasteiger partial charge in [0.2, 0.25) is 5.91 Å². The van der Waals surface area contributed by atoms with E-state index in [-0.39, 0.29) is 30.7 Å². The van der Waals surface area contributed by atoms with Gasteiger partial charge in [-0.15, -0.1) is 0 Å². The maximum absolute atomic E-state index is 13.5. The van der Waals surface area contributed by atoms with Gasteiger partial charge in [0.25, 0.3) is 0 Å². The maximum Gasteiger partial charge on any atom is 0.416 e. The molecule has 0 saturated carbocycles. The summed E-state index contributed by atoms with van der Waals surface area (Å²) in [4.78, 5) is 19.6. The fraction of sp³-hybridized carbons (Fsp3) is 0.364. The van der Waals surface area contributed by atoms with Gasteiger partial charge in [-0.05, 0) is 29.8 Å². The summed E-state index contributed by atoms with van der Waals surface area (Å²) >= 11 is 0. The minimum Gasteiger partial charge on any atom is -0.390 e. The zero-order chi connectivity index (χ0) is 21.9. The van der Waals surface area contributed by atoms with Crippen LogP contribution in [0.5, 0.6) is 0 Å². The normalized spacial score (nSPS) is 16.4. The van der Waals surface area contributed by atoms with Crippen molar-refractivity contribution in [1.29, 1.82) is 0 Å². The Balaban J connectivity index is 1.72. The van der Waals surface area contributed by atoms with Crippen LogP contribution in [0.1, 0.15) is 37.0 Å². The van der Waals surface area contributed by atoms with Gasteiger partial charge < -0.3 is 9.74 Å². The summed E-state index contributed by atoms with van der Waals surface area (Å²) in [6.45, 7) is 3.64. The van der Waals surface area contributed by atoms with Crippen LogP contribution in [-0.4, -0.2) is 29.2 Å². The lowest BCUT2D eigenvalue weighted by Crippen LogP contribution is -2.39. The minimum atomic E-state index is -4.45. The Bertz CT molecular complexity index is 941. The summed E-state index contributed by atoms with van der Waals surface area (Å²) in [5.41, 5.74) is 0.779. The number of carbonyl (C=O) groups is 1. The Kier molecular flexibility index (Phi) is 6.43. The molecule has 160 valence electrons. The van der Waals surface area contributed by atoms with E-state index < -0.39 is 17.8 Å². The summed E-state index contributed by atoms with van der Waals surface area (Å²) in [6.07, 6.45) is -4.55. The lowest BCUT2D eigenvalue weighted by molar-refractivity contribution is -0.137. The highest BCUT2D eigenvalue weighted by Crippen LogP contribution is 2.30. The molecule has 1 unspecified atom stereocenters. The fourth-order valence-corrected chi connectivity index (χ4v) is 3.27. The maximum atomic E-state index is 13.5. The second kappa shape index (κ2) is 8.85. The molecule has 1 heterocycles. The smallest absolute Gasteiger partial charge is 0.390 e. The van der Waals surface area contributed by atoms with Crippen molar-refractivity contribution in [2.24, 2.45) is 11.1 Å². The number of amides is 1. The molecule has 1 amide bonds. The molecular formula is C22H22F4N2O2. The van der Waals surface area contributed by atoms with Crippen LogP contribution < -0.4 is 0 Å². The van der Waals surface area contributed by atoms with E-state index in [9.17, 15) is 22.4 Å². The van der Waals surface area contributed by atoms with Crippen molar-refractivity contribution in [3.8, 4) is 0 Å². The summed E-state index contributed by atoms with van der Waals surface area (Å²) in [5.74, 6) is -0.921. The molecule has 0 aliphatic carbocycles. The van der Waals surface area contributed by atoms with Gasteiger partial charge in [-0.3, -0.25) is 4.79 Å². The number of carbonyl (C=O) groups excluding carboxylic acids is 1. The molecule has 1 atom stereocenters. The van der Waals surface area contributed by atoms with Crippen LogP contribution in [0.4, 0.5) is 17.6 Å². The van der Waals surface area contributed by atoms with Gasteiger partial charge in [0, 0.05) is 24.4 Å². The first-order chi connectivity index (χ1) is 14.1. The van der Waals surface area contributed by atoms with E-state index in [1.807, 2.05) is 0 Å². The molecule has 0 saturated heterocycles. The Hall–Kier alpha value is -2.90. The second-order valence-corrected chi connectivity index (χ2v) is 7.55. The van der Waals surface area contributed by atoms with Gasteiger partial charge >= 0.3 is 6.18 Å². The van der Waals surface area contributed by atoms with Crippen LogP contribution in [0.15, 0.2) is 53.7 Å². The molecule has 1 aliphatic rings. The molecule has 0 N–H and O–H groups in total. The number of alkyl halides is 3. The number of rotatable bonds is 6. The molecule has 0 aromatic heterocycles. The van der Waals surface area contributed by atoms with E-state index in [0.29, 0.717) is 23.3 Å². The minimum absolute atomic E-state index is 0.0239. The lowest BCUT2D eigenvalue weighted by atomic mass is 10.0. The molecule has 0 bridgehead atoms. The topological polar surface area (TPSA) is 41.9 Å². The number of halogens is 4. The average molecular weight is 422 g/mol. The average Bonchev–Trinajstić information content (AvgIpc) is 3.15. The van der Waals surface area contributed by atoms with Crippen molar-refractivity contribution >= 4 is 11.6 Å². The first-order valence-corrected chi connectivity index (χ1v) is 9.57. The molecule has 1 aliphatic heterocycles. The molecule has 2 aromatic rings. The van der Waals surface area contributed by atoms with Gasteiger partial charge in [0.1, 0.15) is 5.82 Å². The van der Waals surface area contributed by atoms with E-state index in [0.717, 1.165) is 12.1 Å². The van der Waals surface area contributed by atoms with E-state index in [2.05, 4.69) is 5.16 Å². The highest BCUT2D eigenvalue weighted by atomic mass is 19.4. The van der Waals surface area contributed by atoms with Crippen LogP contribution in [0.25, 0.3) is 0 Å². The first kappa shape index (κ1) is 21.8. The molecule has 30 heavy (non-hydrogen) atoms. The van der Waals surface area contributed by atoms with Crippen molar-refractivity contribution in [3.05, 3.63) is 71.0 Å². The predicted molar refractivity (Wildman–Crippen MR) is 104 cm³/mol. The number of hydrogen-bond acceptors (Lipinski definition) is 3. The molecular weight excluding hydrogens is 400 g/mol. The van der Waals surface area contributed by atoms with Crippen LogP contribution in [0.2, 0.25) is 0 Å². The van der Waals surface area contributed by atoms with E-state index in [4.69, 9.17) is 4.84 Å². The van der Waals surface area contributed by atoms with Crippen molar-refractivity contribution in [2.45, 2.75) is 39.1 Å². The van der Waals surface area contributed by atoms with Gasteiger partial charge in [-0.2, -0.15) is 13.2 Å². The Labute approximate surface area is 172 Å². The molecule has 0 spiro atoms. The molecule has 3 rings (SSSR count). The Morgan fingerprint density at radius 3 is 2.60 bits per heavy atom. The number of benzene rings is 2. The third-order valence-corrected chi connectivity index (χ3v) is 4.75. The first-order valence-electron chi connectivity index (χ1n) is 9.57. The number of hydrogen-bond donors (Lipinski definition) is 0. The standard InChI is InChI=1S/C22H22F4N2O2/c1-14(2)21(29)28(12-15-5-3-7-17(9-15)22(24,25)26)13-19-11-20(27-30-19)16-6-4-8-18(23)10-16/h3-10,14,19H,11-13H2,1-2H3. The van der Waals surface area contributed by atoms with Gasteiger partial charge in [-0.25, -0.2) is 4.39 Å². The predicted octanol–water partition coefficient (Wildman–Crippen LogP) is 5.02. The van der Waals surface area contributed by atoms with Crippen LogP contribution in [0.3, 0.4) is 0 Å². The second-order valence-electron chi connectivity index (χ2n) is 7.55.